The molecule has 0 saturated carbocycles. The summed E-state index contributed by atoms with van der Waals surface area (Å²) in [6.45, 7) is 0. The number of nitrogens with zero attached hydrogens (tertiary/aromatic N) is 3. The molecule has 0 aliphatic rings. The van der Waals surface area contributed by atoms with Crippen molar-refractivity contribution in [2.45, 2.75) is 5.88 Å². The second-order valence-corrected chi connectivity index (χ2v) is 5.91. The summed E-state index contributed by atoms with van der Waals surface area (Å²) in [5.41, 5.74) is 2.06. The zero-order valence-corrected chi connectivity index (χ0v) is 10.6. The van der Waals surface area contributed by atoms with E-state index in [0.717, 1.165) is 27.1 Å². The number of thiol groups is 1. The third-order valence-electron chi connectivity index (χ3n) is 1.89. The Bertz CT molecular complexity index is 429. The van der Waals surface area contributed by atoms with Gasteiger partial charge in [-0.1, -0.05) is 17.3 Å². The summed E-state index contributed by atoms with van der Waals surface area (Å²) in [5, 5.41) is 10.1. The molecular formula is C9H11N3S3. The third kappa shape index (κ3) is 2.83. The minimum atomic E-state index is 0.849. The number of thioether (sulfide) groups is 2. The van der Waals surface area contributed by atoms with Crippen molar-refractivity contribution in [1.82, 2.24) is 15.0 Å². The third-order valence-corrected chi connectivity index (χ3v) is 4.38. The molecule has 15 heavy (non-hydrogen) atoms. The Balaban J connectivity index is 2.02. The molecule has 0 fully saturated rings. The second-order valence-electron chi connectivity index (χ2n) is 2.86. The topological polar surface area (TPSA) is 30.7 Å². The van der Waals surface area contributed by atoms with Gasteiger partial charge in [0, 0.05) is 10.2 Å². The zero-order valence-electron chi connectivity index (χ0n) is 8.04. The fraction of sp³-hybridized carbons (Fsp3) is 0.333. The predicted molar refractivity (Wildman–Crippen MR) is 71.4 cm³/mol. The van der Waals surface area contributed by atoms with E-state index in [-0.39, 0.29) is 0 Å². The monoisotopic (exact) mass is 257 g/mol. The van der Waals surface area contributed by atoms with Crippen LogP contribution in [0, 0.1) is 0 Å². The molecule has 2 rings (SSSR count). The minimum absolute atomic E-state index is 0.849. The molecule has 0 aliphatic carbocycles. The Morgan fingerprint density at radius 3 is 3.00 bits per heavy atom. The van der Waals surface area contributed by atoms with Crippen molar-refractivity contribution in [2.24, 2.45) is 0 Å². The lowest BCUT2D eigenvalue weighted by atomic mass is 10.3. The molecule has 1 heterocycles. The van der Waals surface area contributed by atoms with E-state index in [0.29, 0.717) is 0 Å². The Labute approximate surface area is 102 Å². The van der Waals surface area contributed by atoms with Gasteiger partial charge in [-0.3, -0.25) is 0 Å². The van der Waals surface area contributed by atoms with Crippen LogP contribution in [0.5, 0.6) is 0 Å². The number of aromatic nitrogens is 3. The molecule has 0 amide bonds. The fourth-order valence-electron chi connectivity index (χ4n) is 1.23. The van der Waals surface area contributed by atoms with Gasteiger partial charge in [-0.05, 0) is 12.1 Å². The SMILES string of the molecule is SCSCSCn1nnc2ccccc21. The van der Waals surface area contributed by atoms with Crippen molar-refractivity contribution in [3.05, 3.63) is 24.3 Å². The largest absolute Gasteiger partial charge is 0.235 e. The average Bonchev–Trinajstić information content (AvgIpc) is 2.68. The molecule has 6 heteroatoms. The Kier molecular flexibility index (Phi) is 4.22. The first-order chi connectivity index (χ1) is 7.42. The first-order valence-corrected chi connectivity index (χ1v) is 7.40. The van der Waals surface area contributed by atoms with E-state index in [2.05, 4.69) is 22.9 Å². The molecule has 0 aliphatic heterocycles. The highest BCUT2D eigenvalue weighted by Gasteiger charge is 2.02. The number of fused-ring (bicyclic) bond motifs is 1. The van der Waals surface area contributed by atoms with E-state index < -0.39 is 0 Å². The van der Waals surface area contributed by atoms with Crippen molar-refractivity contribution < 1.29 is 0 Å². The summed E-state index contributed by atoms with van der Waals surface area (Å²) < 4.78 is 1.93. The van der Waals surface area contributed by atoms with E-state index in [1.807, 2.05) is 40.7 Å². The van der Waals surface area contributed by atoms with Crippen LogP contribution in [0.15, 0.2) is 24.3 Å². The lowest BCUT2D eigenvalue weighted by Gasteiger charge is -2.00. The normalized spacial score (nSPS) is 11.0. The van der Waals surface area contributed by atoms with Gasteiger partial charge in [-0.15, -0.1) is 28.6 Å². The van der Waals surface area contributed by atoms with Crippen LogP contribution in [0.25, 0.3) is 11.0 Å². The van der Waals surface area contributed by atoms with E-state index in [9.17, 15) is 0 Å². The molecule has 0 radical (unpaired) electrons. The molecule has 0 bridgehead atoms. The lowest BCUT2D eigenvalue weighted by Crippen LogP contribution is -1.96. The van der Waals surface area contributed by atoms with Crippen LogP contribution in [0.1, 0.15) is 0 Å². The maximum Gasteiger partial charge on any atom is 0.113 e. The second kappa shape index (κ2) is 5.67. The quantitative estimate of drug-likeness (QED) is 0.507. The van der Waals surface area contributed by atoms with E-state index >= 15 is 0 Å². The Morgan fingerprint density at radius 2 is 2.13 bits per heavy atom. The van der Waals surface area contributed by atoms with Gasteiger partial charge in [-0.25, -0.2) is 4.68 Å². The number of benzene rings is 1. The molecule has 0 spiro atoms. The molecule has 0 unspecified atom stereocenters. The van der Waals surface area contributed by atoms with Crippen molar-refractivity contribution in [3.63, 3.8) is 0 Å². The van der Waals surface area contributed by atoms with Crippen LogP contribution in [0.3, 0.4) is 0 Å². The van der Waals surface area contributed by atoms with Crippen molar-refractivity contribution in [2.75, 3.05) is 10.2 Å². The van der Waals surface area contributed by atoms with Crippen molar-refractivity contribution in [3.8, 4) is 0 Å². The van der Waals surface area contributed by atoms with Crippen LogP contribution >= 0.6 is 36.2 Å². The zero-order chi connectivity index (χ0) is 10.5. The van der Waals surface area contributed by atoms with Gasteiger partial charge in [0.05, 0.1) is 11.4 Å². The van der Waals surface area contributed by atoms with Gasteiger partial charge in [0.25, 0.3) is 0 Å². The number of hydrogen-bond acceptors (Lipinski definition) is 5. The molecule has 1 aromatic heterocycles. The van der Waals surface area contributed by atoms with Gasteiger partial charge in [-0.2, -0.15) is 12.6 Å². The van der Waals surface area contributed by atoms with Gasteiger partial charge in [0.2, 0.25) is 0 Å². The minimum Gasteiger partial charge on any atom is -0.235 e. The predicted octanol–water partition coefficient (Wildman–Crippen LogP) is 2.70. The molecule has 3 nitrogen and oxygen atoms in total. The van der Waals surface area contributed by atoms with E-state index in [1.54, 1.807) is 11.8 Å². The summed E-state index contributed by atoms with van der Waals surface area (Å²) in [4.78, 5) is 0. The van der Waals surface area contributed by atoms with Crippen LogP contribution in [-0.2, 0) is 5.88 Å². The molecule has 0 N–H and O–H groups in total. The summed E-state index contributed by atoms with van der Waals surface area (Å²) in [6.07, 6.45) is 0. The van der Waals surface area contributed by atoms with E-state index in [1.165, 1.54) is 0 Å². The van der Waals surface area contributed by atoms with Crippen LogP contribution in [0.4, 0.5) is 0 Å². The number of rotatable bonds is 5. The van der Waals surface area contributed by atoms with Crippen molar-refractivity contribution in [1.29, 1.82) is 0 Å². The van der Waals surface area contributed by atoms with Gasteiger partial charge in [0.15, 0.2) is 0 Å². The maximum atomic E-state index is 4.14. The number of hydrogen-bond donors (Lipinski definition) is 1. The summed E-state index contributed by atoms with van der Waals surface area (Å²) in [5.74, 6) is 0.849. The van der Waals surface area contributed by atoms with Crippen LogP contribution in [0.2, 0.25) is 0 Å². The van der Waals surface area contributed by atoms with Gasteiger partial charge in [0.1, 0.15) is 5.52 Å². The lowest BCUT2D eigenvalue weighted by molar-refractivity contribution is 0.723. The molecule has 0 saturated heterocycles. The first-order valence-electron chi connectivity index (χ1n) is 4.46. The summed E-state index contributed by atoms with van der Waals surface area (Å²) in [7, 11) is 0. The molecule has 1 aromatic carbocycles. The van der Waals surface area contributed by atoms with Crippen LogP contribution in [-0.4, -0.2) is 25.2 Å². The Morgan fingerprint density at radius 1 is 1.27 bits per heavy atom. The highest BCUT2D eigenvalue weighted by Crippen LogP contribution is 2.17. The standard InChI is InChI=1S/C9H11N3S3/c13-6-15-7-14-5-12-9-4-2-1-3-8(9)10-11-12/h1-4,13H,5-7H2. The van der Waals surface area contributed by atoms with Crippen molar-refractivity contribution >= 4 is 47.2 Å². The average molecular weight is 257 g/mol. The van der Waals surface area contributed by atoms with Crippen LogP contribution < -0.4 is 0 Å². The first kappa shape index (κ1) is 11.2. The van der Waals surface area contributed by atoms with Gasteiger partial charge < -0.3 is 0 Å². The smallest absolute Gasteiger partial charge is 0.113 e. The highest BCUT2D eigenvalue weighted by molar-refractivity contribution is 8.19. The Hall–Kier alpha value is -0.330. The highest BCUT2D eigenvalue weighted by atomic mass is 32.2. The summed E-state index contributed by atoms with van der Waals surface area (Å²) in [6, 6.07) is 8.01. The van der Waals surface area contributed by atoms with E-state index in [4.69, 9.17) is 0 Å². The number of para-hydroxylation sites is 1. The molecule has 2 aromatic rings. The maximum absolute atomic E-state index is 4.14. The summed E-state index contributed by atoms with van der Waals surface area (Å²) >= 11 is 7.77. The fourth-order valence-corrected chi connectivity index (χ4v) is 3.33. The van der Waals surface area contributed by atoms with Gasteiger partial charge >= 0.3 is 0 Å². The molecular weight excluding hydrogens is 246 g/mol. The molecule has 0 atom stereocenters. The molecule has 80 valence electrons.